The summed E-state index contributed by atoms with van der Waals surface area (Å²) in [5, 5.41) is 3.51. The van der Waals surface area contributed by atoms with Crippen LogP contribution in [0.4, 0.5) is 4.39 Å². The molecule has 3 N–H and O–H groups in total. The average Bonchev–Trinajstić information content (AvgIpc) is 2.67. The summed E-state index contributed by atoms with van der Waals surface area (Å²) in [7, 11) is 0. The monoisotopic (exact) mass is 222 g/mol. The zero-order valence-electron chi connectivity index (χ0n) is 9.51. The maximum absolute atomic E-state index is 13.0. The summed E-state index contributed by atoms with van der Waals surface area (Å²) < 4.78 is 13.0. The number of benzene rings is 1. The normalized spacial score (nSPS) is 18.8. The van der Waals surface area contributed by atoms with Gasteiger partial charge in [0, 0.05) is 6.04 Å². The lowest BCUT2D eigenvalue weighted by Crippen LogP contribution is -2.21. The zero-order chi connectivity index (χ0) is 11.4. The molecule has 2 rings (SSSR count). The van der Waals surface area contributed by atoms with Gasteiger partial charge >= 0.3 is 0 Å². The largest absolute Gasteiger partial charge is 0.330 e. The minimum atomic E-state index is -0.123. The molecule has 0 spiro atoms. The van der Waals surface area contributed by atoms with Gasteiger partial charge in [0.1, 0.15) is 5.82 Å². The van der Waals surface area contributed by atoms with E-state index in [0.717, 1.165) is 44.3 Å². The summed E-state index contributed by atoms with van der Waals surface area (Å²) in [6.07, 6.45) is 4.25. The molecule has 88 valence electrons. The van der Waals surface area contributed by atoms with Crippen LogP contribution in [-0.4, -0.2) is 13.1 Å². The first kappa shape index (κ1) is 11.6. The number of halogens is 1. The number of nitrogens with one attached hydrogen (secondary N) is 1. The zero-order valence-corrected chi connectivity index (χ0v) is 9.51. The fraction of sp³-hybridized carbons (Fsp3) is 0.538. The topological polar surface area (TPSA) is 38.0 Å². The predicted molar refractivity (Wildman–Crippen MR) is 63.8 cm³/mol. The lowest BCUT2D eigenvalue weighted by molar-refractivity contribution is 0.514. The molecule has 1 unspecified atom stereocenters. The summed E-state index contributed by atoms with van der Waals surface area (Å²) in [6, 6.07) is 5.54. The van der Waals surface area contributed by atoms with Gasteiger partial charge in [0.15, 0.2) is 0 Å². The highest BCUT2D eigenvalue weighted by molar-refractivity contribution is 5.34. The molecule has 2 nitrogen and oxygen atoms in total. The number of hydrogen-bond donors (Lipinski definition) is 2. The van der Waals surface area contributed by atoms with Crippen LogP contribution in [-0.2, 0) is 6.42 Å². The smallest absolute Gasteiger partial charge is 0.123 e. The van der Waals surface area contributed by atoms with Gasteiger partial charge in [-0.15, -0.1) is 0 Å². The second-order valence-electron chi connectivity index (χ2n) is 4.38. The van der Waals surface area contributed by atoms with Crippen LogP contribution < -0.4 is 11.1 Å². The summed E-state index contributed by atoms with van der Waals surface area (Å²) in [5.74, 6) is -0.123. The molecule has 0 aromatic heterocycles. The van der Waals surface area contributed by atoms with Gasteiger partial charge < -0.3 is 11.1 Å². The van der Waals surface area contributed by atoms with Crippen LogP contribution >= 0.6 is 0 Å². The van der Waals surface area contributed by atoms with E-state index in [0.29, 0.717) is 6.04 Å². The van der Waals surface area contributed by atoms with Gasteiger partial charge in [0.2, 0.25) is 0 Å². The molecule has 1 atom stereocenters. The van der Waals surface area contributed by atoms with Crippen molar-refractivity contribution in [2.45, 2.75) is 31.7 Å². The summed E-state index contributed by atoms with van der Waals surface area (Å²) in [5.41, 5.74) is 7.88. The third-order valence-corrected chi connectivity index (χ3v) is 3.20. The minimum Gasteiger partial charge on any atom is -0.330 e. The van der Waals surface area contributed by atoms with Crippen LogP contribution in [0.3, 0.4) is 0 Å². The van der Waals surface area contributed by atoms with Crippen LogP contribution in [0.2, 0.25) is 0 Å². The number of fused-ring (bicyclic) bond motifs is 1. The Morgan fingerprint density at radius 1 is 1.38 bits per heavy atom. The van der Waals surface area contributed by atoms with Gasteiger partial charge in [-0.1, -0.05) is 6.07 Å². The number of nitrogens with two attached hydrogens (primary N) is 1. The van der Waals surface area contributed by atoms with Crippen molar-refractivity contribution in [3.8, 4) is 0 Å². The molecular formula is C13H19FN2. The Kier molecular flexibility index (Phi) is 3.91. The number of aryl methyl sites for hydroxylation is 1. The second-order valence-corrected chi connectivity index (χ2v) is 4.38. The van der Waals surface area contributed by atoms with E-state index in [1.807, 2.05) is 6.07 Å². The Hall–Kier alpha value is -0.930. The summed E-state index contributed by atoms with van der Waals surface area (Å²) in [6.45, 7) is 1.76. The molecule has 1 aromatic carbocycles. The SMILES string of the molecule is NCCCCNC1CCc2cc(F)ccc21. The van der Waals surface area contributed by atoms with Crippen molar-refractivity contribution in [1.82, 2.24) is 5.32 Å². The first-order valence-electron chi connectivity index (χ1n) is 6.03. The van der Waals surface area contributed by atoms with Crippen LogP contribution in [0.15, 0.2) is 18.2 Å². The molecule has 0 saturated heterocycles. The Balaban J connectivity index is 1.91. The van der Waals surface area contributed by atoms with Crippen molar-refractivity contribution >= 4 is 0 Å². The summed E-state index contributed by atoms with van der Waals surface area (Å²) in [4.78, 5) is 0. The second kappa shape index (κ2) is 5.41. The maximum Gasteiger partial charge on any atom is 0.123 e. The molecule has 0 amide bonds. The van der Waals surface area contributed by atoms with Gasteiger partial charge in [-0.3, -0.25) is 0 Å². The molecular weight excluding hydrogens is 203 g/mol. The number of rotatable bonds is 5. The van der Waals surface area contributed by atoms with E-state index < -0.39 is 0 Å². The van der Waals surface area contributed by atoms with Crippen molar-refractivity contribution in [3.63, 3.8) is 0 Å². The van der Waals surface area contributed by atoms with Crippen molar-refractivity contribution in [1.29, 1.82) is 0 Å². The standard InChI is InChI=1S/C13H19FN2/c14-11-4-5-12-10(9-11)3-6-13(12)16-8-2-1-7-15/h4-5,9,13,16H,1-3,6-8,15H2. The Morgan fingerprint density at radius 3 is 3.06 bits per heavy atom. The van der Waals surface area contributed by atoms with E-state index in [2.05, 4.69) is 5.32 Å². The summed E-state index contributed by atoms with van der Waals surface area (Å²) >= 11 is 0. The molecule has 1 aliphatic carbocycles. The molecule has 0 bridgehead atoms. The lowest BCUT2D eigenvalue weighted by atomic mass is 10.1. The van der Waals surface area contributed by atoms with Gasteiger partial charge in [0.25, 0.3) is 0 Å². The van der Waals surface area contributed by atoms with Crippen molar-refractivity contribution in [2.24, 2.45) is 5.73 Å². The van der Waals surface area contributed by atoms with Gasteiger partial charge in [-0.25, -0.2) is 4.39 Å². The maximum atomic E-state index is 13.0. The van der Waals surface area contributed by atoms with Gasteiger partial charge in [-0.05, 0) is 62.0 Å². The molecule has 3 heteroatoms. The molecule has 0 saturated carbocycles. The minimum absolute atomic E-state index is 0.123. The van der Waals surface area contributed by atoms with Crippen molar-refractivity contribution < 1.29 is 4.39 Å². The highest BCUT2D eigenvalue weighted by Crippen LogP contribution is 2.31. The molecule has 1 aromatic rings. The van der Waals surface area contributed by atoms with E-state index in [1.165, 1.54) is 5.56 Å². The van der Waals surface area contributed by atoms with E-state index in [4.69, 9.17) is 5.73 Å². The van der Waals surface area contributed by atoms with Crippen molar-refractivity contribution in [3.05, 3.63) is 35.1 Å². The molecule has 0 radical (unpaired) electrons. The molecule has 16 heavy (non-hydrogen) atoms. The lowest BCUT2D eigenvalue weighted by Gasteiger charge is -2.13. The quantitative estimate of drug-likeness (QED) is 0.749. The molecule has 1 aliphatic rings. The van der Waals surface area contributed by atoms with E-state index in [9.17, 15) is 4.39 Å². The molecule has 0 heterocycles. The molecule has 0 aliphatic heterocycles. The van der Waals surface area contributed by atoms with Gasteiger partial charge in [-0.2, -0.15) is 0 Å². The Morgan fingerprint density at radius 2 is 2.25 bits per heavy atom. The Labute approximate surface area is 96.0 Å². The fourth-order valence-electron chi connectivity index (χ4n) is 2.34. The third kappa shape index (κ3) is 2.60. The van der Waals surface area contributed by atoms with Crippen LogP contribution in [0.1, 0.15) is 36.4 Å². The van der Waals surface area contributed by atoms with Crippen LogP contribution in [0.5, 0.6) is 0 Å². The van der Waals surface area contributed by atoms with E-state index >= 15 is 0 Å². The van der Waals surface area contributed by atoms with Gasteiger partial charge in [0.05, 0.1) is 0 Å². The molecule has 0 fully saturated rings. The number of hydrogen-bond acceptors (Lipinski definition) is 2. The average molecular weight is 222 g/mol. The highest BCUT2D eigenvalue weighted by atomic mass is 19.1. The van der Waals surface area contributed by atoms with E-state index in [-0.39, 0.29) is 5.82 Å². The highest BCUT2D eigenvalue weighted by Gasteiger charge is 2.21. The fourth-order valence-corrected chi connectivity index (χ4v) is 2.34. The van der Waals surface area contributed by atoms with Crippen LogP contribution in [0, 0.1) is 5.82 Å². The first-order valence-corrected chi connectivity index (χ1v) is 6.03. The van der Waals surface area contributed by atoms with Crippen molar-refractivity contribution in [2.75, 3.05) is 13.1 Å². The third-order valence-electron chi connectivity index (χ3n) is 3.20. The number of unbranched alkanes of at least 4 members (excludes halogenated alkanes) is 1. The van der Waals surface area contributed by atoms with Crippen LogP contribution in [0.25, 0.3) is 0 Å². The predicted octanol–water partition coefficient (Wildman–Crippen LogP) is 2.14. The Bertz CT molecular complexity index is 352. The van der Waals surface area contributed by atoms with E-state index in [1.54, 1.807) is 12.1 Å². The first-order chi connectivity index (χ1) is 7.81.